The normalized spacial score (nSPS) is 16.7. The zero-order valence-electron chi connectivity index (χ0n) is 16.6. The fraction of sp³-hybridized carbons (Fsp3) is 0.526. The minimum Gasteiger partial charge on any atom is -0.454 e. The summed E-state index contributed by atoms with van der Waals surface area (Å²) in [5.74, 6) is 2.24. The molecule has 2 aromatic rings. The predicted octanol–water partition coefficient (Wildman–Crippen LogP) is 1.66. The molecule has 1 aromatic carbocycles. The molecule has 2 aliphatic rings. The number of carbonyl (C=O) groups is 1. The molecule has 1 saturated heterocycles. The van der Waals surface area contributed by atoms with E-state index in [1.807, 2.05) is 25.1 Å². The predicted molar refractivity (Wildman–Crippen MR) is 108 cm³/mol. The molecule has 29 heavy (non-hydrogen) atoms. The van der Waals surface area contributed by atoms with E-state index in [-0.39, 0.29) is 18.0 Å². The van der Waals surface area contributed by atoms with E-state index in [0.717, 1.165) is 42.1 Å². The average Bonchev–Trinajstić information content (AvgIpc) is 3.38. The maximum Gasteiger partial charge on any atom is 0.233 e. The van der Waals surface area contributed by atoms with E-state index in [0.29, 0.717) is 25.5 Å². The van der Waals surface area contributed by atoms with Crippen LogP contribution in [0.4, 0.5) is 5.95 Å². The van der Waals surface area contributed by atoms with Gasteiger partial charge in [0.05, 0.1) is 18.5 Å². The maximum absolute atomic E-state index is 12.6. The molecule has 3 heterocycles. The van der Waals surface area contributed by atoms with Crippen LogP contribution in [-0.2, 0) is 22.6 Å². The highest BCUT2D eigenvalue weighted by atomic mass is 32.2. The van der Waals surface area contributed by atoms with E-state index in [2.05, 4.69) is 31.9 Å². The van der Waals surface area contributed by atoms with Crippen LogP contribution in [0, 0.1) is 0 Å². The SMILES string of the molecule is CCn1c(S[C@@H](C)C(=O)NCc2ccc3c(c2)OCO3)nnc1N1CCOCC1. The molecule has 0 radical (unpaired) electrons. The number of amides is 1. The van der Waals surface area contributed by atoms with Crippen LogP contribution in [0.15, 0.2) is 23.4 Å². The second kappa shape index (κ2) is 8.91. The average molecular weight is 420 g/mol. The molecule has 0 aliphatic carbocycles. The molecule has 1 aromatic heterocycles. The van der Waals surface area contributed by atoms with Crippen LogP contribution >= 0.6 is 11.8 Å². The molecule has 1 N–H and O–H groups in total. The van der Waals surface area contributed by atoms with Gasteiger partial charge in [-0.3, -0.25) is 9.36 Å². The molecule has 4 rings (SSSR count). The van der Waals surface area contributed by atoms with Crippen molar-refractivity contribution in [1.29, 1.82) is 0 Å². The van der Waals surface area contributed by atoms with Crippen LogP contribution in [0.25, 0.3) is 0 Å². The second-order valence-corrected chi connectivity index (χ2v) is 8.10. The van der Waals surface area contributed by atoms with Gasteiger partial charge in [0.25, 0.3) is 0 Å². The van der Waals surface area contributed by atoms with Gasteiger partial charge in [0, 0.05) is 26.2 Å². The van der Waals surface area contributed by atoms with Crippen molar-refractivity contribution in [3.8, 4) is 11.5 Å². The van der Waals surface area contributed by atoms with Crippen LogP contribution < -0.4 is 19.7 Å². The van der Waals surface area contributed by atoms with Crippen LogP contribution in [0.3, 0.4) is 0 Å². The maximum atomic E-state index is 12.6. The number of hydrogen-bond acceptors (Lipinski definition) is 8. The molecular weight excluding hydrogens is 394 g/mol. The number of rotatable bonds is 7. The molecule has 10 heteroatoms. The van der Waals surface area contributed by atoms with Crippen LogP contribution in [0.5, 0.6) is 11.5 Å². The number of benzene rings is 1. The Morgan fingerprint density at radius 2 is 2.03 bits per heavy atom. The Morgan fingerprint density at radius 1 is 1.24 bits per heavy atom. The number of nitrogens with one attached hydrogen (secondary N) is 1. The summed E-state index contributed by atoms with van der Waals surface area (Å²) in [7, 11) is 0. The fourth-order valence-corrected chi connectivity index (χ4v) is 4.17. The fourth-order valence-electron chi connectivity index (χ4n) is 3.24. The van der Waals surface area contributed by atoms with Gasteiger partial charge in [-0.2, -0.15) is 0 Å². The summed E-state index contributed by atoms with van der Waals surface area (Å²) < 4.78 is 18.2. The molecule has 1 amide bonds. The van der Waals surface area contributed by atoms with E-state index in [9.17, 15) is 4.79 Å². The zero-order valence-corrected chi connectivity index (χ0v) is 17.4. The number of thioether (sulfide) groups is 1. The van der Waals surface area contributed by atoms with Crippen molar-refractivity contribution in [2.75, 3.05) is 38.0 Å². The number of morpholine rings is 1. The van der Waals surface area contributed by atoms with Gasteiger partial charge >= 0.3 is 0 Å². The lowest BCUT2D eigenvalue weighted by atomic mass is 10.2. The van der Waals surface area contributed by atoms with Crippen molar-refractivity contribution in [3.05, 3.63) is 23.8 Å². The van der Waals surface area contributed by atoms with Crippen molar-refractivity contribution >= 4 is 23.6 Å². The molecular formula is C19H25N5O4S. The lowest BCUT2D eigenvalue weighted by Gasteiger charge is -2.27. The van der Waals surface area contributed by atoms with Crippen LogP contribution in [0.2, 0.25) is 0 Å². The Kier molecular flexibility index (Phi) is 6.10. The lowest BCUT2D eigenvalue weighted by molar-refractivity contribution is -0.120. The third-order valence-corrected chi connectivity index (χ3v) is 5.94. The summed E-state index contributed by atoms with van der Waals surface area (Å²) in [6, 6.07) is 5.68. The van der Waals surface area contributed by atoms with Gasteiger partial charge in [-0.25, -0.2) is 0 Å². The van der Waals surface area contributed by atoms with Gasteiger partial charge in [-0.05, 0) is 31.5 Å². The molecule has 0 bridgehead atoms. The van der Waals surface area contributed by atoms with Crippen molar-refractivity contribution in [1.82, 2.24) is 20.1 Å². The molecule has 0 spiro atoms. The van der Waals surface area contributed by atoms with E-state index in [1.54, 1.807) is 0 Å². The number of aromatic nitrogens is 3. The van der Waals surface area contributed by atoms with Crippen molar-refractivity contribution in [2.45, 2.75) is 37.3 Å². The highest BCUT2D eigenvalue weighted by molar-refractivity contribution is 8.00. The first-order chi connectivity index (χ1) is 14.2. The number of nitrogens with zero attached hydrogens (tertiary/aromatic N) is 4. The molecule has 1 fully saturated rings. The molecule has 9 nitrogen and oxygen atoms in total. The smallest absolute Gasteiger partial charge is 0.233 e. The number of ether oxygens (including phenoxy) is 3. The van der Waals surface area contributed by atoms with Gasteiger partial charge in [-0.15, -0.1) is 10.2 Å². The molecule has 0 saturated carbocycles. The quantitative estimate of drug-likeness (QED) is 0.678. The largest absolute Gasteiger partial charge is 0.454 e. The number of carbonyl (C=O) groups excluding carboxylic acids is 1. The first kappa shape index (κ1) is 19.8. The molecule has 156 valence electrons. The third kappa shape index (κ3) is 4.43. The molecule has 0 unspecified atom stereocenters. The minimum atomic E-state index is -0.295. The molecule has 1 atom stereocenters. The van der Waals surface area contributed by atoms with E-state index in [4.69, 9.17) is 14.2 Å². The van der Waals surface area contributed by atoms with E-state index < -0.39 is 0 Å². The minimum absolute atomic E-state index is 0.0498. The standard InChI is InChI=1S/C19H25N5O4S/c1-3-24-18(23-6-8-26-9-7-23)21-22-19(24)29-13(2)17(25)20-11-14-4-5-15-16(10-14)28-12-27-15/h4-5,10,13H,3,6-9,11-12H2,1-2H3,(H,20,25)/t13-/m0/s1. The summed E-state index contributed by atoms with van der Waals surface area (Å²) in [6.45, 7) is 8.33. The summed E-state index contributed by atoms with van der Waals surface area (Å²) in [6.07, 6.45) is 0. The van der Waals surface area contributed by atoms with Crippen molar-refractivity contribution in [3.63, 3.8) is 0 Å². The van der Waals surface area contributed by atoms with Gasteiger partial charge in [0.2, 0.25) is 18.6 Å². The van der Waals surface area contributed by atoms with Crippen LogP contribution in [0.1, 0.15) is 19.4 Å². The van der Waals surface area contributed by atoms with Gasteiger partial charge in [0.1, 0.15) is 0 Å². The van der Waals surface area contributed by atoms with Gasteiger partial charge < -0.3 is 24.4 Å². The topological polar surface area (TPSA) is 90.7 Å². The Labute approximate surface area is 173 Å². The highest BCUT2D eigenvalue weighted by Crippen LogP contribution is 2.32. The Morgan fingerprint density at radius 3 is 2.83 bits per heavy atom. The third-order valence-electron chi connectivity index (χ3n) is 4.86. The summed E-state index contributed by atoms with van der Waals surface area (Å²) in [4.78, 5) is 14.8. The number of hydrogen-bond donors (Lipinski definition) is 1. The monoisotopic (exact) mass is 419 g/mol. The zero-order chi connectivity index (χ0) is 20.2. The first-order valence-electron chi connectivity index (χ1n) is 9.74. The van der Waals surface area contributed by atoms with E-state index in [1.165, 1.54) is 11.8 Å². The first-order valence-corrected chi connectivity index (χ1v) is 10.6. The summed E-state index contributed by atoms with van der Waals surface area (Å²) in [5.41, 5.74) is 0.964. The van der Waals surface area contributed by atoms with Crippen LogP contribution in [-0.4, -0.2) is 59.0 Å². The van der Waals surface area contributed by atoms with Gasteiger partial charge in [0.15, 0.2) is 16.7 Å². The lowest BCUT2D eigenvalue weighted by Crippen LogP contribution is -2.38. The highest BCUT2D eigenvalue weighted by Gasteiger charge is 2.23. The second-order valence-electron chi connectivity index (χ2n) is 6.79. The number of anilines is 1. The Hall–Kier alpha value is -2.46. The van der Waals surface area contributed by atoms with Crippen molar-refractivity contribution in [2.24, 2.45) is 0 Å². The molecule has 2 aliphatic heterocycles. The summed E-state index contributed by atoms with van der Waals surface area (Å²) in [5, 5.41) is 12.1. The van der Waals surface area contributed by atoms with Gasteiger partial charge in [-0.1, -0.05) is 17.8 Å². The Balaban J connectivity index is 1.35. The Bertz CT molecular complexity index is 868. The van der Waals surface area contributed by atoms with Crippen molar-refractivity contribution < 1.29 is 19.0 Å². The number of fused-ring (bicyclic) bond motifs is 1. The van der Waals surface area contributed by atoms with E-state index >= 15 is 0 Å². The summed E-state index contributed by atoms with van der Waals surface area (Å²) >= 11 is 1.42.